The maximum atomic E-state index is 10.7. The largest absolute Gasteiger partial charge is 1.00 e. The van der Waals surface area contributed by atoms with Crippen molar-refractivity contribution in [3.63, 3.8) is 0 Å². The third-order valence-electron chi connectivity index (χ3n) is 3.22. The summed E-state index contributed by atoms with van der Waals surface area (Å²) >= 11 is 0. The normalized spacial score (nSPS) is 10.7. The molecule has 120 valence electrons. The van der Waals surface area contributed by atoms with Gasteiger partial charge in [0.05, 0.1) is 12.6 Å². The molecule has 5 heteroatoms. The van der Waals surface area contributed by atoms with Crippen LogP contribution >= 0.6 is 0 Å². The maximum Gasteiger partial charge on any atom is 1.00 e. The van der Waals surface area contributed by atoms with Gasteiger partial charge in [0, 0.05) is 11.6 Å². The summed E-state index contributed by atoms with van der Waals surface area (Å²) in [5.41, 5.74) is -0.217. The Morgan fingerprint density at radius 3 is 2.41 bits per heavy atom. The molecule has 1 rings (SSSR count). The van der Waals surface area contributed by atoms with Gasteiger partial charge in [0.2, 0.25) is 0 Å². The van der Waals surface area contributed by atoms with Crippen molar-refractivity contribution < 1.29 is 49.3 Å². The Hall–Kier alpha value is -0.710. The summed E-state index contributed by atoms with van der Waals surface area (Å²) in [6, 6.07) is 4.15. The van der Waals surface area contributed by atoms with Gasteiger partial charge in [-0.25, -0.2) is 0 Å². The monoisotopic (exact) mass is 318 g/mol. The van der Waals surface area contributed by atoms with E-state index in [1.807, 2.05) is 13.8 Å². The molecule has 0 spiro atoms. The fraction of sp³-hybridized carbons (Fsp3) is 0.588. The van der Waals surface area contributed by atoms with Crippen LogP contribution in [-0.2, 0) is 0 Å². The first kappa shape index (κ1) is 23.6. The third-order valence-corrected chi connectivity index (χ3v) is 3.22. The van der Waals surface area contributed by atoms with Crippen LogP contribution in [0.15, 0.2) is 18.2 Å². The SMILES string of the molecule is CC.CCCCC(CC)COc1ccc(C(=O)[O-])c(O)c1.[Na+]. The Kier molecular flexibility index (Phi) is 14.9. The molecule has 0 aromatic heterocycles. The molecule has 0 aliphatic carbocycles. The fourth-order valence-electron chi connectivity index (χ4n) is 1.89. The predicted molar refractivity (Wildman–Crippen MR) is 82.6 cm³/mol. The summed E-state index contributed by atoms with van der Waals surface area (Å²) in [7, 11) is 0. The molecule has 0 heterocycles. The Morgan fingerprint density at radius 1 is 1.32 bits per heavy atom. The summed E-state index contributed by atoms with van der Waals surface area (Å²) < 4.78 is 5.60. The van der Waals surface area contributed by atoms with Gasteiger partial charge in [0.1, 0.15) is 11.5 Å². The van der Waals surface area contributed by atoms with E-state index in [0.717, 1.165) is 19.3 Å². The smallest absolute Gasteiger partial charge is 0.545 e. The molecule has 0 bridgehead atoms. The summed E-state index contributed by atoms with van der Waals surface area (Å²) in [5.74, 6) is -0.738. The average Bonchev–Trinajstić information content (AvgIpc) is 2.49. The third kappa shape index (κ3) is 8.66. The van der Waals surface area contributed by atoms with Crippen LogP contribution in [0, 0.1) is 5.92 Å². The number of phenols is 1. The molecule has 0 saturated heterocycles. The van der Waals surface area contributed by atoms with E-state index in [4.69, 9.17) is 4.74 Å². The molecule has 1 N–H and O–H groups in total. The second-order valence-corrected chi connectivity index (χ2v) is 4.69. The molecule has 0 saturated carbocycles. The number of carbonyl (C=O) groups excluding carboxylic acids is 1. The van der Waals surface area contributed by atoms with Crippen LogP contribution in [0.1, 0.15) is 63.7 Å². The topological polar surface area (TPSA) is 69.6 Å². The van der Waals surface area contributed by atoms with E-state index in [2.05, 4.69) is 13.8 Å². The molecule has 22 heavy (non-hydrogen) atoms. The van der Waals surface area contributed by atoms with Gasteiger partial charge >= 0.3 is 29.6 Å². The zero-order valence-electron chi connectivity index (χ0n) is 14.5. The number of unbranched alkanes of at least 4 members (excludes halogenated alkanes) is 1. The number of ether oxygens (including phenoxy) is 1. The van der Waals surface area contributed by atoms with E-state index in [0.29, 0.717) is 18.3 Å². The van der Waals surface area contributed by atoms with Crippen molar-refractivity contribution in [2.75, 3.05) is 6.61 Å². The van der Waals surface area contributed by atoms with E-state index in [1.165, 1.54) is 24.6 Å². The molecule has 0 aliphatic rings. The summed E-state index contributed by atoms with van der Waals surface area (Å²) in [5, 5.41) is 20.2. The maximum absolute atomic E-state index is 10.7. The minimum atomic E-state index is -1.39. The first-order valence-corrected chi connectivity index (χ1v) is 7.75. The van der Waals surface area contributed by atoms with Crippen molar-refractivity contribution in [1.29, 1.82) is 0 Å². The van der Waals surface area contributed by atoms with E-state index >= 15 is 0 Å². The second-order valence-electron chi connectivity index (χ2n) is 4.69. The Bertz CT molecular complexity index is 421. The van der Waals surface area contributed by atoms with Crippen molar-refractivity contribution in [2.45, 2.75) is 53.4 Å². The Morgan fingerprint density at radius 2 is 1.95 bits per heavy atom. The van der Waals surface area contributed by atoms with Crippen molar-refractivity contribution >= 4 is 5.97 Å². The molecule has 0 radical (unpaired) electrons. The van der Waals surface area contributed by atoms with Crippen LogP contribution in [0.2, 0.25) is 0 Å². The summed E-state index contributed by atoms with van der Waals surface area (Å²) in [4.78, 5) is 10.7. The van der Waals surface area contributed by atoms with E-state index < -0.39 is 5.97 Å². The van der Waals surface area contributed by atoms with E-state index in [9.17, 15) is 15.0 Å². The van der Waals surface area contributed by atoms with Crippen molar-refractivity contribution in [3.05, 3.63) is 23.8 Å². The number of hydrogen-bond donors (Lipinski definition) is 1. The van der Waals surface area contributed by atoms with Gasteiger partial charge < -0.3 is 19.7 Å². The minimum Gasteiger partial charge on any atom is -0.545 e. The van der Waals surface area contributed by atoms with Gasteiger partial charge in [-0.1, -0.05) is 47.0 Å². The molecule has 1 aromatic carbocycles. The molecule has 1 aromatic rings. The van der Waals surface area contributed by atoms with Crippen molar-refractivity contribution in [3.8, 4) is 11.5 Å². The Labute approximate surface area is 156 Å². The fourth-order valence-corrected chi connectivity index (χ4v) is 1.89. The first-order valence-electron chi connectivity index (χ1n) is 7.75. The quantitative estimate of drug-likeness (QED) is 0.704. The molecule has 1 unspecified atom stereocenters. The molecular weight excluding hydrogens is 291 g/mol. The van der Waals surface area contributed by atoms with Crippen molar-refractivity contribution in [1.82, 2.24) is 0 Å². The number of carboxylic acid groups (broad SMARTS) is 1. The standard InChI is InChI=1S/C15H22O4.C2H6.Na/c1-3-5-6-11(4-2)10-19-12-7-8-13(15(17)18)14(16)9-12;1-2;/h7-9,11,16H,3-6,10H2,1-2H3,(H,17,18);1-2H3;/q;;+1/p-1. The van der Waals surface area contributed by atoms with Gasteiger partial charge in [-0.15, -0.1) is 0 Å². The number of carboxylic acids is 1. The predicted octanol–water partition coefficient (Wildman–Crippen LogP) is 0.381. The Balaban J connectivity index is 0. The van der Waals surface area contributed by atoms with Crippen LogP contribution in [0.3, 0.4) is 0 Å². The second kappa shape index (κ2) is 13.9. The van der Waals surface area contributed by atoms with Crippen LogP contribution in [-0.4, -0.2) is 17.7 Å². The van der Waals surface area contributed by atoms with Crippen LogP contribution < -0.4 is 39.4 Å². The molecule has 0 amide bonds. The van der Waals surface area contributed by atoms with Gasteiger partial charge in [0.25, 0.3) is 0 Å². The summed E-state index contributed by atoms with van der Waals surface area (Å²) in [6.45, 7) is 8.87. The molecule has 0 fully saturated rings. The first-order chi connectivity index (χ1) is 10.1. The zero-order chi connectivity index (χ0) is 16.3. The van der Waals surface area contributed by atoms with Crippen LogP contribution in [0.4, 0.5) is 0 Å². The average molecular weight is 318 g/mol. The minimum absolute atomic E-state index is 0. The number of benzene rings is 1. The number of carbonyl (C=O) groups is 1. The van der Waals surface area contributed by atoms with Gasteiger partial charge in [0.15, 0.2) is 0 Å². The van der Waals surface area contributed by atoms with Crippen LogP contribution in [0.25, 0.3) is 0 Å². The van der Waals surface area contributed by atoms with Gasteiger partial charge in [-0.2, -0.15) is 0 Å². The number of rotatable bonds is 8. The number of hydrogen-bond acceptors (Lipinski definition) is 4. The molecule has 0 aliphatic heterocycles. The number of aromatic hydroxyl groups is 1. The van der Waals surface area contributed by atoms with E-state index in [-0.39, 0.29) is 40.9 Å². The van der Waals surface area contributed by atoms with Crippen molar-refractivity contribution in [2.24, 2.45) is 5.92 Å². The van der Waals surface area contributed by atoms with E-state index in [1.54, 1.807) is 0 Å². The summed E-state index contributed by atoms with van der Waals surface area (Å²) in [6.07, 6.45) is 4.51. The number of aromatic carboxylic acids is 1. The molecule has 4 nitrogen and oxygen atoms in total. The molecule has 1 atom stereocenters. The van der Waals surface area contributed by atoms with Crippen LogP contribution in [0.5, 0.6) is 11.5 Å². The zero-order valence-corrected chi connectivity index (χ0v) is 16.5. The van der Waals surface area contributed by atoms with Gasteiger partial charge in [-0.05, 0) is 24.5 Å². The molecular formula is C17H27NaO4. The van der Waals surface area contributed by atoms with Gasteiger partial charge in [-0.3, -0.25) is 0 Å².